The van der Waals surface area contributed by atoms with Crippen LogP contribution in [0.5, 0.6) is 5.88 Å². The van der Waals surface area contributed by atoms with Crippen LogP contribution in [0, 0.1) is 0 Å². The van der Waals surface area contributed by atoms with Gasteiger partial charge >= 0.3 is 0 Å². The van der Waals surface area contributed by atoms with Gasteiger partial charge in [-0.3, -0.25) is 0 Å². The van der Waals surface area contributed by atoms with Gasteiger partial charge in [0.15, 0.2) is 6.61 Å². The minimum absolute atomic E-state index is 0.149. The van der Waals surface area contributed by atoms with Gasteiger partial charge in [-0.2, -0.15) is 4.98 Å². The summed E-state index contributed by atoms with van der Waals surface area (Å²) >= 11 is 0. The molecular formula is C13H19F2N3O. The molecule has 1 aliphatic heterocycles. The van der Waals surface area contributed by atoms with E-state index in [2.05, 4.69) is 15.3 Å². The molecule has 4 nitrogen and oxygen atoms in total. The van der Waals surface area contributed by atoms with Crippen molar-refractivity contribution in [1.29, 1.82) is 0 Å². The Morgan fingerprint density at radius 2 is 1.95 bits per heavy atom. The van der Waals surface area contributed by atoms with E-state index in [0.29, 0.717) is 18.1 Å². The molecule has 0 aromatic carbocycles. The number of hydrogen-bond acceptors (Lipinski definition) is 4. The van der Waals surface area contributed by atoms with Crippen LogP contribution in [0.15, 0.2) is 0 Å². The molecule has 0 radical (unpaired) electrons. The van der Waals surface area contributed by atoms with Crippen LogP contribution in [-0.4, -0.2) is 36.1 Å². The normalized spacial score (nSPS) is 15.5. The molecule has 1 N–H and O–H groups in total. The summed E-state index contributed by atoms with van der Waals surface area (Å²) in [6.45, 7) is 4.98. The Morgan fingerprint density at radius 1 is 1.21 bits per heavy atom. The van der Waals surface area contributed by atoms with Crippen LogP contribution in [0.3, 0.4) is 0 Å². The zero-order chi connectivity index (χ0) is 13.8. The van der Waals surface area contributed by atoms with Gasteiger partial charge in [0.2, 0.25) is 5.88 Å². The zero-order valence-electron chi connectivity index (χ0n) is 11.2. The molecule has 1 aromatic heterocycles. The summed E-state index contributed by atoms with van der Waals surface area (Å²) in [5.74, 6) is 1.14. The first-order chi connectivity index (χ1) is 9.08. The summed E-state index contributed by atoms with van der Waals surface area (Å²) in [6.07, 6.45) is -0.994. The van der Waals surface area contributed by atoms with Crippen LogP contribution in [0.1, 0.15) is 36.8 Å². The molecule has 6 heteroatoms. The van der Waals surface area contributed by atoms with E-state index in [1.54, 1.807) is 0 Å². The van der Waals surface area contributed by atoms with E-state index in [4.69, 9.17) is 4.74 Å². The van der Waals surface area contributed by atoms with Crippen molar-refractivity contribution >= 4 is 0 Å². The smallest absolute Gasteiger partial charge is 0.272 e. The lowest BCUT2D eigenvalue weighted by Crippen LogP contribution is -2.16. The monoisotopic (exact) mass is 271 g/mol. The van der Waals surface area contributed by atoms with Crippen LogP contribution in [-0.2, 0) is 12.8 Å². The average molecular weight is 271 g/mol. The van der Waals surface area contributed by atoms with Gasteiger partial charge in [-0.1, -0.05) is 13.8 Å². The molecule has 106 valence electrons. The molecule has 0 amide bonds. The maximum Gasteiger partial charge on any atom is 0.272 e. The predicted molar refractivity (Wildman–Crippen MR) is 67.9 cm³/mol. The number of nitrogens with zero attached hydrogens (tertiary/aromatic N) is 2. The highest BCUT2D eigenvalue weighted by Gasteiger charge is 2.19. The SMILES string of the molecule is CC(C)c1nc2c(c(OCC(F)F)n1)CCNCC2. The van der Waals surface area contributed by atoms with Gasteiger partial charge in [-0.05, 0) is 13.0 Å². The number of alkyl halides is 2. The van der Waals surface area contributed by atoms with Gasteiger partial charge in [0.05, 0.1) is 5.69 Å². The molecule has 0 fully saturated rings. The Labute approximate surface area is 111 Å². The number of aromatic nitrogens is 2. The Bertz CT molecular complexity index is 438. The summed E-state index contributed by atoms with van der Waals surface area (Å²) in [4.78, 5) is 8.85. The summed E-state index contributed by atoms with van der Waals surface area (Å²) in [5, 5.41) is 3.26. The van der Waals surface area contributed by atoms with Crippen molar-refractivity contribution in [3.63, 3.8) is 0 Å². The fraction of sp³-hybridized carbons (Fsp3) is 0.692. The first kappa shape index (κ1) is 14.1. The van der Waals surface area contributed by atoms with Crippen LogP contribution in [0.25, 0.3) is 0 Å². The Balaban J connectivity index is 2.34. The Morgan fingerprint density at radius 3 is 2.63 bits per heavy atom. The van der Waals surface area contributed by atoms with Crippen molar-refractivity contribution in [2.45, 2.75) is 39.0 Å². The molecule has 2 rings (SSSR count). The number of halogens is 2. The topological polar surface area (TPSA) is 47.0 Å². The maximum atomic E-state index is 12.3. The second kappa shape index (κ2) is 6.23. The first-order valence-electron chi connectivity index (χ1n) is 6.59. The second-order valence-electron chi connectivity index (χ2n) is 4.92. The highest BCUT2D eigenvalue weighted by Crippen LogP contribution is 2.24. The standard InChI is InChI=1S/C13H19F2N3O/c1-8(2)12-17-10-4-6-16-5-3-9(10)13(18-12)19-7-11(14)15/h8,11,16H,3-7H2,1-2H3. The molecule has 0 saturated heterocycles. The molecule has 2 heterocycles. The Hall–Kier alpha value is -1.30. The third-order valence-corrected chi connectivity index (χ3v) is 3.02. The van der Waals surface area contributed by atoms with Crippen LogP contribution >= 0.6 is 0 Å². The third-order valence-electron chi connectivity index (χ3n) is 3.02. The largest absolute Gasteiger partial charge is 0.471 e. The first-order valence-corrected chi connectivity index (χ1v) is 6.59. The van der Waals surface area contributed by atoms with Crippen molar-refractivity contribution in [3.8, 4) is 5.88 Å². The number of fused-ring (bicyclic) bond motifs is 1. The molecular weight excluding hydrogens is 252 g/mol. The van der Waals surface area contributed by atoms with Gasteiger partial charge in [-0.25, -0.2) is 13.8 Å². The van der Waals surface area contributed by atoms with Crippen molar-refractivity contribution in [2.24, 2.45) is 0 Å². The van der Waals surface area contributed by atoms with Crippen molar-refractivity contribution < 1.29 is 13.5 Å². The maximum absolute atomic E-state index is 12.3. The highest BCUT2D eigenvalue weighted by molar-refractivity contribution is 5.33. The molecule has 19 heavy (non-hydrogen) atoms. The van der Waals surface area contributed by atoms with Crippen molar-refractivity contribution in [3.05, 3.63) is 17.1 Å². The molecule has 0 bridgehead atoms. The van der Waals surface area contributed by atoms with E-state index in [1.165, 1.54) is 0 Å². The molecule has 0 spiro atoms. The molecule has 0 unspecified atom stereocenters. The third kappa shape index (κ3) is 3.59. The summed E-state index contributed by atoms with van der Waals surface area (Å²) < 4.78 is 29.8. The van der Waals surface area contributed by atoms with E-state index in [9.17, 15) is 8.78 Å². The van der Waals surface area contributed by atoms with Crippen LogP contribution in [0.4, 0.5) is 8.78 Å². The van der Waals surface area contributed by atoms with Crippen LogP contribution in [0.2, 0.25) is 0 Å². The van der Waals surface area contributed by atoms with E-state index >= 15 is 0 Å². The average Bonchev–Trinajstić information content (AvgIpc) is 2.60. The fourth-order valence-corrected chi connectivity index (χ4v) is 2.05. The lowest BCUT2D eigenvalue weighted by molar-refractivity contribution is 0.0787. The minimum Gasteiger partial charge on any atom is -0.471 e. The number of rotatable bonds is 4. The molecule has 0 saturated carbocycles. The zero-order valence-corrected chi connectivity index (χ0v) is 11.2. The van der Waals surface area contributed by atoms with Gasteiger partial charge in [0.1, 0.15) is 5.82 Å². The van der Waals surface area contributed by atoms with E-state index in [0.717, 1.165) is 30.8 Å². The number of nitrogens with one attached hydrogen (secondary N) is 1. The van der Waals surface area contributed by atoms with Crippen molar-refractivity contribution in [1.82, 2.24) is 15.3 Å². The van der Waals surface area contributed by atoms with Crippen molar-refractivity contribution in [2.75, 3.05) is 19.7 Å². The molecule has 1 aliphatic rings. The van der Waals surface area contributed by atoms with Gasteiger partial charge < -0.3 is 10.1 Å². The lowest BCUT2D eigenvalue weighted by Gasteiger charge is -2.15. The van der Waals surface area contributed by atoms with Gasteiger partial charge in [0, 0.05) is 24.4 Å². The molecule has 0 atom stereocenters. The molecule has 1 aromatic rings. The highest BCUT2D eigenvalue weighted by atomic mass is 19.3. The summed E-state index contributed by atoms with van der Waals surface area (Å²) in [6, 6.07) is 0. The Kier molecular flexibility index (Phi) is 4.63. The quantitative estimate of drug-likeness (QED) is 0.909. The summed E-state index contributed by atoms with van der Waals surface area (Å²) in [5.41, 5.74) is 1.79. The minimum atomic E-state index is -2.49. The van der Waals surface area contributed by atoms with Gasteiger partial charge in [0.25, 0.3) is 6.43 Å². The number of hydrogen-bond donors (Lipinski definition) is 1. The second-order valence-corrected chi connectivity index (χ2v) is 4.92. The molecule has 0 aliphatic carbocycles. The van der Waals surface area contributed by atoms with Crippen LogP contribution < -0.4 is 10.1 Å². The fourth-order valence-electron chi connectivity index (χ4n) is 2.05. The summed E-state index contributed by atoms with van der Waals surface area (Å²) in [7, 11) is 0. The lowest BCUT2D eigenvalue weighted by atomic mass is 10.1. The van der Waals surface area contributed by atoms with Gasteiger partial charge in [-0.15, -0.1) is 0 Å². The predicted octanol–water partition coefficient (Wildman–Crippen LogP) is 1.93. The van der Waals surface area contributed by atoms with E-state index < -0.39 is 13.0 Å². The van der Waals surface area contributed by atoms with E-state index in [-0.39, 0.29) is 5.92 Å². The van der Waals surface area contributed by atoms with E-state index in [1.807, 2.05) is 13.8 Å². The number of ether oxygens (including phenoxy) is 1.